The van der Waals surface area contributed by atoms with E-state index in [0.29, 0.717) is 0 Å². The van der Waals surface area contributed by atoms with Crippen molar-refractivity contribution in [3.63, 3.8) is 0 Å². The zero-order valence-electron chi connectivity index (χ0n) is 15.5. The monoisotopic (exact) mass is 416 g/mol. The van der Waals surface area contributed by atoms with Crippen LogP contribution in [0.15, 0.2) is 30.3 Å². The second-order valence-electron chi connectivity index (χ2n) is 7.34. The number of aryl methyl sites for hydroxylation is 3. The Labute approximate surface area is 154 Å². The maximum absolute atomic E-state index is 10.7. The van der Waals surface area contributed by atoms with Crippen LogP contribution in [0.2, 0.25) is 0 Å². The van der Waals surface area contributed by atoms with E-state index < -0.39 is 7.81 Å². The molecule has 0 saturated carbocycles. The first-order chi connectivity index (χ1) is 11.2. The van der Waals surface area contributed by atoms with Gasteiger partial charge in [-0.25, -0.2) is 0 Å². The molecule has 0 radical (unpaired) electrons. The molecule has 0 spiro atoms. The third kappa shape index (κ3) is 8.95. The van der Waals surface area contributed by atoms with Gasteiger partial charge in [0, 0.05) is 23.1 Å². The van der Waals surface area contributed by atoms with Crippen LogP contribution in [0.5, 0.6) is 0 Å². The molecule has 2 rings (SSSR count). The van der Waals surface area contributed by atoms with E-state index in [1.807, 2.05) is 11.3 Å². The first kappa shape index (κ1) is 22.8. The van der Waals surface area contributed by atoms with Crippen LogP contribution in [0, 0.1) is 20.8 Å². The molecule has 1 aromatic carbocycles. The fourth-order valence-corrected chi connectivity index (χ4v) is 3.79. The molecular formula is C18H23F6PS. The number of hydrogen-bond acceptors (Lipinski definition) is 0. The molecule has 0 aliphatic carbocycles. The van der Waals surface area contributed by atoms with E-state index in [-0.39, 0.29) is 5.41 Å². The Morgan fingerprint density at radius 3 is 1.62 bits per heavy atom. The van der Waals surface area contributed by atoms with E-state index in [9.17, 15) is 25.2 Å². The predicted octanol–water partition coefficient (Wildman–Crippen LogP) is 9.30. The van der Waals surface area contributed by atoms with Crippen molar-refractivity contribution in [2.75, 3.05) is 0 Å². The molecule has 0 N–H and O–H groups in total. The van der Waals surface area contributed by atoms with Gasteiger partial charge in [0.1, 0.15) is 0 Å². The van der Waals surface area contributed by atoms with E-state index in [1.54, 1.807) is 0 Å². The van der Waals surface area contributed by atoms with Crippen molar-refractivity contribution in [1.82, 2.24) is 0 Å². The predicted molar refractivity (Wildman–Crippen MR) is 101 cm³/mol. The van der Waals surface area contributed by atoms with Gasteiger partial charge in [0.25, 0.3) is 0 Å². The molecule has 0 amide bonds. The van der Waals surface area contributed by atoms with E-state index in [4.69, 9.17) is 0 Å². The van der Waals surface area contributed by atoms with Crippen LogP contribution in [0.25, 0.3) is 10.4 Å². The van der Waals surface area contributed by atoms with Gasteiger partial charge in [0.2, 0.25) is 21.1 Å². The molecule has 26 heavy (non-hydrogen) atoms. The van der Waals surface area contributed by atoms with Gasteiger partial charge >= 0.3 is 33.0 Å². The molecule has 0 saturated heterocycles. The van der Waals surface area contributed by atoms with E-state index >= 15 is 0 Å². The molecule has 0 atom stereocenters. The molecule has 8 heteroatoms. The van der Waals surface area contributed by atoms with Gasteiger partial charge in [-0.1, -0.05) is 39.0 Å². The summed E-state index contributed by atoms with van der Waals surface area (Å²) in [6.45, 7) is 13.5. The van der Waals surface area contributed by atoms with E-state index in [2.05, 4.69) is 71.9 Å². The van der Waals surface area contributed by atoms with Gasteiger partial charge in [-0.15, -0.1) is 0 Å². The standard InChI is InChI=1S/C18H23S.F6P/c1-12-10-15(19-16(11-12)18(4,5)6)17-13(2)8-7-9-14(17)3;1-7(2,3,4,5)6/h7-11H,1-6H3;/q+1;-1. The second kappa shape index (κ2) is 6.45. The fraction of sp³-hybridized carbons (Fsp3) is 0.389. The maximum atomic E-state index is 9.87. The van der Waals surface area contributed by atoms with Crippen LogP contribution >= 0.6 is 19.1 Å². The van der Waals surface area contributed by atoms with Crippen LogP contribution < -0.4 is 0 Å². The van der Waals surface area contributed by atoms with Gasteiger partial charge in [-0.2, -0.15) is 0 Å². The van der Waals surface area contributed by atoms with Gasteiger partial charge < -0.3 is 0 Å². The van der Waals surface area contributed by atoms with Crippen molar-refractivity contribution < 1.29 is 25.2 Å². The first-order valence-corrected chi connectivity index (χ1v) is 10.7. The number of rotatable bonds is 1. The van der Waals surface area contributed by atoms with Crippen molar-refractivity contribution in [3.8, 4) is 10.4 Å². The minimum absolute atomic E-state index is 0.210. The Bertz CT molecular complexity index is 773. The molecule has 0 aliphatic rings. The van der Waals surface area contributed by atoms with Gasteiger partial charge in [0.05, 0.1) is 0 Å². The SMILES string of the molecule is Cc1cc(-c2c(C)cccc2C)[s+]c(C(C)(C)C)c1.F[P-](F)(F)(F)(F)F. The average molecular weight is 416 g/mol. The zero-order chi connectivity index (χ0) is 20.6. The Balaban J connectivity index is 0.000000412. The summed E-state index contributed by atoms with van der Waals surface area (Å²) in [5, 5.41) is 0. The molecule has 148 valence electrons. The van der Waals surface area contributed by atoms with Crippen molar-refractivity contribution in [2.45, 2.75) is 47.0 Å². The van der Waals surface area contributed by atoms with Crippen LogP contribution in [0.4, 0.5) is 25.2 Å². The topological polar surface area (TPSA) is 0 Å². The van der Waals surface area contributed by atoms with Crippen molar-refractivity contribution >= 4 is 19.1 Å². The third-order valence-corrected chi connectivity index (χ3v) is 4.90. The Kier molecular flexibility index (Phi) is 5.67. The fourth-order valence-electron chi connectivity index (χ4n) is 2.33. The molecule has 0 nitrogen and oxygen atoms in total. The number of benzene rings is 1. The summed E-state index contributed by atoms with van der Waals surface area (Å²) >= 11 is 1.92. The Hall–Kier alpha value is -1.20. The van der Waals surface area contributed by atoms with Crippen molar-refractivity contribution in [2.24, 2.45) is 0 Å². The van der Waals surface area contributed by atoms with Crippen LogP contribution in [0.1, 0.15) is 42.3 Å². The molecule has 0 bridgehead atoms. The quantitative estimate of drug-likeness (QED) is 0.247. The first-order valence-electron chi connectivity index (χ1n) is 7.82. The molecule has 0 aliphatic heterocycles. The summed E-state index contributed by atoms with van der Waals surface area (Å²) in [5.74, 6) is 0. The molecule has 0 unspecified atom stereocenters. The Morgan fingerprint density at radius 2 is 1.23 bits per heavy atom. The molecule has 1 aromatic heterocycles. The molecule has 1 heterocycles. The minimum atomic E-state index is -10.7. The molecular weight excluding hydrogens is 393 g/mol. The van der Waals surface area contributed by atoms with Gasteiger partial charge in [0.15, 0.2) is 0 Å². The second-order valence-corrected chi connectivity index (χ2v) is 10.3. The van der Waals surface area contributed by atoms with Crippen LogP contribution in [-0.2, 0) is 5.41 Å². The number of hydrogen-bond donors (Lipinski definition) is 0. The van der Waals surface area contributed by atoms with Gasteiger partial charge in [-0.3, -0.25) is 0 Å². The zero-order valence-corrected chi connectivity index (χ0v) is 17.2. The summed E-state index contributed by atoms with van der Waals surface area (Å²) in [7, 11) is -10.7. The number of halogens is 6. The van der Waals surface area contributed by atoms with Crippen molar-refractivity contribution in [3.05, 3.63) is 51.9 Å². The van der Waals surface area contributed by atoms with Crippen LogP contribution in [0.3, 0.4) is 0 Å². The summed E-state index contributed by atoms with van der Waals surface area (Å²) in [6.07, 6.45) is 0. The summed E-state index contributed by atoms with van der Waals surface area (Å²) in [5.41, 5.74) is 5.69. The summed E-state index contributed by atoms with van der Waals surface area (Å²) < 4.78 is 59.2. The van der Waals surface area contributed by atoms with Crippen LogP contribution in [-0.4, -0.2) is 0 Å². The Morgan fingerprint density at radius 1 is 0.808 bits per heavy atom. The molecule has 0 fully saturated rings. The van der Waals surface area contributed by atoms with E-state index in [1.165, 1.54) is 32.0 Å². The van der Waals surface area contributed by atoms with E-state index in [0.717, 1.165) is 0 Å². The van der Waals surface area contributed by atoms with Gasteiger partial charge in [-0.05, 0) is 37.5 Å². The summed E-state index contributed by atoms with van der Waals surface area (Å²) in [6, 6.07) is 11.2. The normalized spacial score (nSPS) is 14.8. The van der Waals surface area contributed by atoms with Crippen molar-refractivity contribution in [1.29, 1.82) is 0 Å². The summed E-state index contributed by atoms with van der Waals surface area (Å²) in [4.78, 5) is 2.84. The molecule has 2 aromatic rings. The third-order valence-electron chi connectivity index (χ3n) is 3.40. The average Bonchev–Trinajstić information content (AvgIpc) is 2.33.